The fourth-order valence-corrected chi connectivity index (χ4v) is 4.20. The monoisotopic (exact) mass is 342 g/mol. The molecule has 2 unspecified atom stereocenters. The third-order valence-corrected chi connectivity index (χ3v) is 5.34. The highest BCUT2D eigenvalue weighted by molar-refractivity contribution is 5.89. The number of nitrogens with one attached hydrogen (secondary N) is 1. The molecule has 1 amide bonds. The molecule has 0 bridgehead atoms. The molecule has 0 spiro atoms. The first-order valence-corrected chi connectivity index (χ1v) is 8.78. The average Bonchev–Trinajstić information content (AvgIpc) is 3.00. The Balaban J connectivity index is 1.82. The largest absolute Gasteiger partial charge is 0.497 e. The van der Waals surface area contributed by atoms with Gasteiger partial charge in [-0.2, -0.15) is 0 Å². The number of amides is 1. The van der Waals surface area contributed by atoms with Crippen molar-refractivity contribution in [1.82, 2.24) is 9.88 Å². The zero-order chi connectivity index (χ0) is 17.6. The van der Waals surface area contributed by atoms with Crippen molar-refractivity contribution in [3.8, 4) is 5.75 Å². The second kappa shape index (κ2) is 6.10. The normalized spacial score (nSPS) is 22.5. The van der Waals surface area contributed by atoms with Gasteiger partial charge in [0.15, 0.2) is 0 Å². The molecule has 2 aliphatic heterocycles. The lowest BCUT2D eigenvalue weighted by Crippen LogP contribution is -2.49. The van der Waals surface area contributed by atoms with Crippen LogP contribution in [0, 0.1) is 5.92 Å². The number of carbonyl (C=O) groups is 2. The molecule has 0 radical (unpaired) electrons. The van der Waals surface area contributed by atoms with Gasteiger partial charge in [0.2, 0.25) is 5.91 Å². The first-order valence-electron chi connectivity index (χ1n) is 8.78. The smallest absolute Gasteiger partial charge is 0.311 e. The minimum atomic E-state index is -0.313. The molecule has 132 valence electrons. The Labute approximate surface area is 146 Å². The fraction of sp³-hybridized carbons (Fsp3) is 0.474. The van der Waals surface area contributed by atoms with E-state index >= 15 is 0 Å². The Hall–Kier alpha value is -2.50. The number of aromatic amines is 1. The maximum atomic E-state index is 12.5. The van der Waals surface area contributed by atoms with Gasteiger partial charge in [-0.25, -0.2) is 0 Å². The molecule has 0 aliphatic carbocycles. The van der Waals surface area contributed by atoms with Gasteiger partial charge in [-0.3, -0.25) is 9.59 Å². The van der Waals surface area contributed by atoms with E-state index in [2.05, 4.69) is 4.98 Å². The van der Waals surface area contributed by atoms with Gasteiger partial charge in [-0.15, -0.1) is 0 Å². The second-order valence-electron chi connectivity index (χ2n) is 6.61. The number of fused-ring (bicyclic) bond motifs is 5. The minimum Gasteiger partial charge on any atom is -0.497 e. The number of benzene rings is 1. The van der Waals surface area contributed by atoms with Crippen LogP contribution in [0.3, 0.4) is 0 Å². The van der Waals surface area contributed by atoms with Crippen LogP contribution in [-0.4, -0.2) is 42.0 Å². The maximum absolute atomic E-state index is 12.5. The Morgan fingerprint density at radius 1 is 1.36 bits per heavy atom. The molecule has 1 aromatic heterocycles. The summed E-state index contributed by atoms with van der Waals surface area (Å²) in [6.45, 7) is 2.80. The van der Waals surface area contributed by atoms with E-state index in [1.165, 1.54) is 5.56 Å². The van der Waals surface area contributed by atoms with Crippen LogP contribution in [0.5, 0.6) is 5.75 Å². The van der Waals surface area contributed by atoms with Crippen molar-refractivity contribution in [3.63, 3.8) is 0 Å². The van der Waals surface area contributed by atoms with E-state index < -0.39 is 0 Å². The minimum absolute atomic E-state index is 0.118. The molecule has 4 rings (SSSR count). The number of aromatic nitrogens is 1. The first-order chi connectivity index (χ1) is 12.1. The standard InChI is InChI=1S/C19H22N2O4/c1-3-25-19(23)13-5-7-16(22)21-9-8-12-14-10-11(24-2)4-6-15(14)20-17(12)18(13)21/h4,6,10,13,18,20H,3,5,7-9H2,1-2H3. The highest BCUT2D eigenvalue weighted by atomic mass is 16.5. The van der Waals surface area contributed by atoms with Crippen molar-refractivity contribution < 1.29 is 19.1 Å². The van der Waals surface area contributed by atoms with Crippen molar-refractivity contribution in [3.05, 3.63) is 29.5 Å². The number of esters is 1. The summed E-state index contributed by atoms with van der Waals surface area (Å²) in [6, 6.07) is 5.66. The Kier molecular flexibility index (Phi) is 3.90. The number of nitrogens with zero attached hydrogens (tertiary/aromatic N) is 1. The van der Waals surface area contributed by atoms with Gasteiger partial charge in [0.25, 0.3) is 0 Å². The van der Waals surface area contributed by atoms with E-state index in [-0.39, 0.29) is 23.8 Å². The van der Waals surface area contributed by atoms with Gasteiger partial charge in [0.1, 0.15) is 5.75 Å². The summed E-state index contributed by atoms with van der Waals surface area (Å²) in [5, 5.41) is 1.11. The van der Waals surface area contributed by atoms with Crippen LogP contribution in [0.1, 0.15) is 37.1 Å². The molecule has 1 fully saturated rings. The van der Waals surface area contributed by atoms with Crippen LogP contribution in [0.4, 0.5) is 0 Å². The third kappa shape index (κ3) is 2.47. The third-order valence-electron chi connectivity index (χ3n) is 5.34. The van der Waals surface area contributed by atoms with Crippen molar-refractivity contribution in [1.29, 1.82) is 0 Å². The Bertz CT molecular complexity index is 841. The lowest BCUT2D eigenvalue weighted by Gasteiger charge is -2.42. The predicted octanol–water partition coefficient (Wildman–Crippen LogP) is 2.58. The van der Waals surface area contributed by atoms with Crippen molar-refractivity contribution >= 4 is 22.8 Å². The Morgan fingerprint density at radius 3 is 2.96 bits per heavy atom. The zero-order valence-electron chi connectivity index (χ0n) is 14.5. The number of piperidine rings is 1. The van der Waals surface area contributed by atoms with Gasteiger partial charge in [0, 0.05) is 29.6 Å². The molecule has 0 saturated carbocycles. The molecule has 1 N–H and O–H groups in total. The van der Waals surface area contributed by atoms with Gasteiger partial charge in [0.05, 0.1) is 25.7 Å². The van der Waals surface area contributed by atoms with Crippen molar-refractivity contribution in [2.24, 2.45) is 5.92 Å². The molecule has 2 aliphatic rings. The summed E-state index contributed by atoms with van der Waals surface area (Å²) in [5.74, 6) is 0.395. The number of hydrogen-bond donors (Lipinski definition) is 1. The zero-order valence-corrected chi connectivity index (χ0v) is 14.5. The van der Waals surface area contributed by atoms with Crippen LogP contribution < -0.4 is 4.74 Å². The predicted molar refractivity (Wildman–Crippen MR) is 92.4 cm³/mol. The fourth-order valence-electron chi connectivity index (χ4n) is 4.20. The molecular formula is C19H22N2O4. The van der Waals surface area contributed by atoms with E-state index in [0.717, 1.165) is 28.8 Å². The van der Waals surface area contributed by atoms with Crippen LogP contribution >= 0.6 is 0 Å². The summed E-state index contributed by atoms with van der Waals surface area (Å²) < 4.78 is 10.6. The maximum Gasteiger partial charge on any atom is 0.311 e. The number of rotatable bonds is 3. The number of H-pyrrole nitrogens is 1. The van der Waals surface area contributed by atoms with Gasteiger partial charge < -0.3 is 19.4 Å². The SMILES string of the molecule is CCOC(=O)C1CCC(=O)N2CCc3c([nH]c4ccc(OC)cc34)C12. The second-order valence-corrected chi connectivity index (χ2v) is 6.61. The molecule has 6 heteroatoms. The first kappa shape index (κ1) is 16.0. The summed E-state index contributed by atoms with van der Waals surface area (Å²) in [7, 11) is 1.65. The Morgan fingerprint density at radius 2 is 2.20 bits per heavy atom. The van der Waals surface area contributed by atoms with E-state index in [9.17, 15) is 9.59 Å². The topological polar surface area (TPSA) is 71.6 Å². The van der Waals surface area contributed by atoms with Crippen LogP contribution in [-0.2, 0) is 20.7 Å². The average molecular weight is 342 g/mol. The number of methoxy groups -OCH3 is 1. The van der Waals surface area contributed by atoms with Gasteiger partial charge in [-0.05, 0) is 43.5 Å². The van der Waals surface area contributed by atoms with Gasteiger partial charge >= 0.3 is 5.97 Å². The molecule has 25 heavy (non-hydrogen) atoms. The van der Waals surface area contributed by atoms with Crippen molar-refractivity contribution in [2.45, 2.75) is 32.2 Å². The lowest BCUT2D eigenvalue weighted by atomic mass is 9.82. The summed E-state index contributed by atoms with van der Waals surface area (Å²) in [6.07, 6.45) is 1.72. The number of ether oxygens (including phenoxy) is 2. The highest BCUT2D eigenvalue weighted by Gasteiger charge is 2.45. The van der Waals surface area contributed by atoms with Crippen LogP contribution in [0.2, 0.25) is 0 Å². The molecular weight excluding hydrogens is 320 g/mol. The van der Waals surface area contributed by atoms with E-state index in [1.54, 1.807) is 7.11 Å². The molecule has 6 nitrogen and oxygen atoms in total. The molecule has 2 atom stereocenters. The molecule has 2 aromatic rings. The summed E-state index contributed by atoms with van der Waals surface area (Å²) in [5.41, 5.74) is 3.16. The summed E-state index contributed by atoms with van der Waals surface area (Å²) in [4.78, 5) is 30.2. The van der Waals surface area contributed by atoms with Gasteiger partial charge in [-0.1, -0.05) is 0 Å². The number of carbonyl (C=O) groups excluding carboxylic acids is 2. The van der Waals surface area contributed by atoms with Crippen LogP contribution in [0.25, 0.3) is 10.9 Å². The molecule has 1 saturated heterocycles. The quantitative estimate of drug-likeness (QED) is 0.870. The van der Waals surface area contributed by atoms with E-state index in [1.807, 2.05) is 30.0 Å². The number of hydrogen-bond acceptors (Lipinski definition) is 4. The highest BCUT2D eigenvalue weighted by Crippen LogP contribution is 2.43. The van der Waals surface area contributed by atoms with Crippen molar-refractivity contribution in [2.75, 3.05) is 20.3 Å². The molecule has 1 aromatic carbocycles. The van der Waals surface area contributed by atoms with Crippen LogP contribution in [0.15, 0.2) is 18.2 Å². The van der Waals surface area contributed by atoms with E-state index in [0.29, 0.717) is 26.0 Å². The van der Waals surface area contributed by atoms with E-state index in [4.69, 9.17) is 9.47 Å². The molecule has 3 heterocycles. The summed E-state index contributed by atoms with van der Waals surface area (Å²) >= 11 is 0. The lowest BCUT2D eigenvalue weighted by molar-refractivity contribution is -0.157.